The summed E-state index contributed by atoms with van der Waals surface area (Å²) in [6, 6.07) is 0. The minimum Gasteiger partial charge on any atom is -0.298 e. The second-order valence-electron chi connectivity index (χ2n) is 4.96. The van der Waals surface area contributed by atoms with E-state index in [-0.39, 0.29) is 4.83 Å². The lowest BCUT2D eigenvalue weighted by atomic mass is 9.72. The minimum absolute atomic E-state index is 0.0405. The van der Waals surface area contributed by atoms with Crippen LogP contribution in [0.25, 0.3) is 0 Å². The van der Waals surface area contributed by atoms with Gasteiger partial charge < -0.3 is 0 Å². The Morgan fingerprint density at radius 2 is 1.85 bits per heavy atom. The van der Waals surface area contributed by atoms with E-state index < -0.39 is 0 Å². The molecule has 1 fully saturated rings. The molecule has 76 valence electrons. The average Bonchev–Trinajstić information content (AvgIpc) is 2.03. The molecule has 0 aromatic rings. The molecule has 0 N–H and O–H groups in total. The van der Waals surface area contributed by atoms with Crippen LogP contribution in [-0.4, -0.2) is 10.6 Å². The third-order valence-electron chi connectivity index (χ3n) is 3.13. The van der Waals surface area contributed by atoms with E-state index in [2.05, 4.69) is 29.8 Å². The average molecular weight is 247 g/mol. The number of hydrogen-bond donors (Lipinski definition) is 0. The van der Waals surface area contributed by atoms with Gasteiger partial charge >= 0.3 is 0 Å². The maximum Gasteiger partial charge on any atom is 0.149 e. The van der Waals surface area contributed by atoms with Crippen LogP contribution in [0.5, 0.6) is 0 Å². The van der Waals surface area contributed by atoms with Crippen molar-refractivity contribution in [2.45, 2.75) is 51.3 Å². The second kappa shape index (κ2) is 4.12. The number of Topliss-reactive ketones (excluding diaryl/α,β-unsaturated/α-hetero) is 1. The van der Waals surface area contributed by atoms with Crippen molar-refractivity contribution in [1.82, 2.24) is 0 Å². The number of carbonyl (C=O) groups is 1. The molecular weight excluding hydrogens is 228 g/mol. The number of hydrogen-bond acceptors (Lipinski definition) is 1. The Labute approximate surface area is 89.4 Å². The van der Waals surface area contributed by atoms with Crippen LogP contribution >= 0.6 is 15.9 Å². The van der Waals surface area contributed by atoms with Gasteiger partial charge in [-0.2, -0.15) is 0 Å². The summed E-state index contributed by atoms with van der Waals surface area (Å²) >= 11 is 3.35. The van der Waals surface area contributed by atoms with Gasteiger partial charge in [-0.1, -0.05) is 29.8 Å². The molecule has 1 atom stereocenters. The Morgan fingerprint density at radius 1 is 1.38 bits per heavy atom. The van der Waals surface area contributed by atoms with E-state index in [0.717, 1.165) is 12.8 Å². The Morgan fingerprint density at radius 3 is 2.23 bits per heavy atom. The van der Waals surface area contributed by atoms with E-state index in [4.69, 9.17) is 0 Å². The Balaban J connectivity index is 2.46. The van der Waals surface area contributed by atoms with Crippen molar-refractivity contribution in [2.75, 3.05) is 0 Å². The first-order chi connectivity index (χ1) is 5.92. The summed E-state index contributed by atoms with van der Waals surface area (Å²) in [6.45, 7) is 6.53. The monoisotopic (exact) mass is 246 g/mol. The Kier molecular flexibility index (Phi) is 3.56. The van der Waals surface area contributed by atoms with Gasteiger partial charge in [-0.15, -0.1) is 0 Å². The maximum absolute atomic E-state index is 11.7. The standard InChI is InChI=1S/C11H19BrO/c1-8(12)10(13)9-4-6-11(2,3)7-5-9/h8-9H,4-7H2,1-3H3. The van der Waals surface area contributed by atoms with Gasteiger partial charge in [0.15, 0.2) is 0 Å². The molecule has 13 heavy (non-hydrogen) atoms. The third-order valence-corrected chi connectivity index (χ3v) is 3.58. The molecule has 1 aliphatic rings. The second-order valence-corrected chi connectivity index (χ2v) is 6.33. The number of ketones is 1. The van der Waals surface area contributed by atoms with Crippen LogP contribution in [0.1, 0.15) is 46.5 Å². The van der Waals surface area contributed by atoms with Crippen molar-refractivity contribution in [3.05, 3.63) is 0 Å². The summed E-state index contributed by atoms with van der Waals surface area (Å²) in [7, 11) is 0. The van der Waals surface area contributed by atoms with Crippen LogP contribution in [0.15, 0.2) is 0 Å². The quantitative estimate of drug-likeness (QED) is 0.682. The molecule has 0 aromatic heterocycles. The van der Waals surface area contributed by atoms with E-state index in [1.807, 2.05) is 6.92 Å². The first-order valence-corrected chi connectivity index (χ1v) is 6.02. The molecule has 0 aliphatic heterocycles. The van der Waals surface area contributed by atoms with Crippen molar-refractivity contribution in [3.63, 3.8) is 0 Å². The topological polar surface area (TPSA) is 17.1 Å². The molecule has 0 heterocycles. The molecule has 0 saturated heterocycles. The highest BCUT2D eigenvalue weighted by molar-refractivity contribution is 9.10. The van der Waals surface area contributed by atoms with Gasteiger partial charge in [0.25, 0.3) is 0 Å². The predicted molar refractivity (Wildman–Crippen MR) is 59.1 cm³/mol. The van der Waals surface area contributed by atoms with Crippen molar-refractivity contribution in [2.24, 2.45) is 11.3 Å². The van der Waals surface area contributed by atoms with E-state index >= 15 is 0 Å². The fraction of sp³-hybridized carbons (Fsp3) is 0.909. The number of alkyl halides is 1. The van der Waals surface area contributed by atoms with Crippen LogP contribution in [0.4, 0.5) is 0 Å². The Hall–Kier alpha value is 0.150. The first-order valence-electron chi connectivity index (χ1n) is 5.10. The molecule has 1 saturated carbocycles. The van der Waals surface area contributed by atoms with Crippen molar-refractivity contribution in [1.29, 1.82) is 0 Å². The van der Waals surface area contributed by atoms with Crippen LogP contribution in [0.3, 0.4) is 0 Å². The van der Waals surface area contributed by atoms with Gasteiger partial charge in [-0.3, -0.25) is 4.79 Å². The van der Waals surface area contributed by atoms with Crippen LogP contribution < -0.4 is 0 Å². The van der Waals surface area contributed by atoms with E-state index in [9.17, 15) is 4.79 Å². The van der Waals surface area contributed by atoms with Gasteiger partial charge in [-0.05, 0) is 38.0 Å². The smallest absolute Gasteiger partial charge is 0.149 e. The van der Waals surface area contributed by atoms with E-state index in [1.54, 1.807) is 0 Å². The Bertz CT molecular complexity index is 186. The molecule has 1 rings (SSSR count). The van der Waals surface area contributed by atoms with Gasteiger partial charge in [0.1, 0.15) is 5.78 Å². The summed E-state index contributed by atoms with van der Waals surface area (Å²) in [6.07, 6.45) is 4.57. The lowest BCUT2D eigenvalue weighted by Crippen LogP contribution is -2.29. The molecule has 1 nitrogen and oxygen atoms in total. The third kappa shape index (κ3) is 3.08. The van der Waals surface area contributed by atoms with Crippen LogP contribution in [0.2, 0.25) is 0 Å². The molecule has 1 unspecified atom stereocenters. The van der Waals surface area contributed by atoms with Gasteiger partial charge in [-0.25, -0.2) is 0 Å². The SMILES string of the molecule is CC(Br)C(=O)C1CCC(C)(C)CC1. The van der Waals surface area contributed by atoms with Gasteiger partial charge in [0, 0.05) is 5.92 Å². The van der Waals surface area contributed by atoms with Gasteiger partial charge in [0.05, 0.1) is 4.83 Å². The van der Waals surface area contributed by atoms with Crippen molar-refractivity contribution in [3.8, 4) is 0 Å². The van der Waals surface area contributed by atoms with E-state index in [1.165, 1.54) is 12.8 Å². The van der Waals surface area contributed by atoms with Crippen LogP contribution in [0, 0.1) is 11.3 Å². The molecule has 0 spiro atoms. The molecule has 0 amide bonds. The molecule has 1 aliphatic carbocycles. The summed E-state index contributed by atoms with van der Waals surface area (Å²) in [5.74, 6) is 0.720. The summed E-state index contributed by atoms with van der Waals surface area (Å²) in [4.78, 5) is 11.7. The first kappa shape index (κ1) is 11.2. The zero-order valence-corrected chi connectivity index (χ0v) is 10.4. The van der Waals surface area contributed by atoms with Crippen molar-refractivity contribution >= 4 is 21.7 Å². The maximum atomic E-state index is 11.7. The molecule has 2 heteroatoms. The van der Waals surface area contributed by atoms with Crippen LogP contribution in [-0.2, 0) is 4.79 Å². The van der Waals surface area contributed by atoms with Gasteiger partial charge in [0.2, 0.25) is 0 Å². The predicted octanol–water partition coefficient (Wildman–Crippen LogP) is 3.56. The fourth-order valence-electron chi connectivity index (χ4n) is 2.01. The normalized spacial score (nSPS) is 25.5. The minimum atomic E-state index is 0.0405. The fourth-order valence-corrected chi connectivity index (χ4v) is 2.38. The molecular formula is C11H19BrO. The highest BCUT2D eigenvalue weighted by atomic mass is 79.9. The molecule has 0 aromatic carbocycles. The van der Waals surface area contributed by atoms with E-state index in [0.29, 0.717) is 17.1 Å². The number of rotatable bonds is 2. The summed E-state index contributed by atoms with van der Waals surface area (Å²) in [5, 5.41) is 0. The zero-order chi connectivity index (χ0) is 10.1. The largest absolute Gasteiger partial charge is 0.298 e. The number of carbonyl (C=O) groups excluding carboxylic acids is 1. The zero-order valence-electron chi connectivity index (χ0n) is 8.77. The lowest BCUT2D eigenvalue weighted by Gasteiger charge is -2.33. The lowest BCUT2D eigenvalue weighted by molar-refractivity contribution is -0.123. The number of halogens is 1. The summed E-state index contributed by atoms with van der Waals surface area (Å²) < 4.78 is 0. The molecule has 0 radical (unpaired) electrons. The molecule has 0 bridgehead atoms. The summed E-state index contributed by atoms with van der Waals surface area (Å²) in [5.41, 5.74) is 0.465. The highest BCUT2D eigenvalue weighted by Crippen LogP contribution is 2.38. The van der Waals surface area contributed by atoms with Crippen molar-refractivity contribution < 1.29 is 4.79 Å². The highest BCUT2D eigenvalue weighted by Gasteiger charge is 2.31.